The molecule has 4 heteroatoms. The maximum Gasteiger partial charge on any atom is 0.358 e. The van der Waals surface area contributed by atoms with Crippen LogP contribution >= 0.6 is 7.60 Å². The van der Waals surface area contributed by atoms with Crippen molar-refractivity contribution in [3.05, 3.63) is 30.3 Å². The third-order valence-corrected chi connectivity index (χ3v) is 3.08. The predicted molar refractivity (Wildman–Crippen MR) is 55.3 cm³/mol. The first-order chi connectivity index (χ1) is 6.67. The molecule has 0 aliphatic carbocycles. The van der Waals surface area contributed by atoms with Crippen molar-refractivity contribution in [2.75, 3.05) is 6.61 Å². The Hall–Kier alpha value is -1.07. The number of rotatable bonds is 4. The molecule has 1 aromatic rings. The van der Waals surface area contributed by atoms with Crippen molar-refractivity contribution in [1.29, 1.82) is 0 Å². The molecule has 0 heterocycles. The van der Waals surface area contributed by atoms with Crippen molar-refractivity contribution in [3.8, 4) is 12.3 Å². The monoisotopic (exact) mass is 210 g/mol. The van der Waals surface area contributed by atoms with Crippen LogP contribution in [0.15, 0.2) is 30.3 Å². The number of hydrogen-bond donors (Lipinski definition) is 1. The highest BCUT2D eigenvalue weighted by molar-refractivity contribution is 7.61. The first-order valence-electron chi connectivity index (χ1n) is 4.13. The first kappa shape index (κ1) is 11.0. The van der Waals surface area contributed by atoms with E-state index in [1.54, 1.807) is 30.3 Å². The first-order valence-corrected chi connectivity index (χ1v) is 5.71. The summed E-state index contributed by atoms with van der Waals surface area (Å²) in [6.45, 7) is 0.0964. The van der Waals surface area contributed by atoms with Gasteiger partial charge >= 0.3 is 7.60 Å². The lowest BCUT2D eigenvalue weighted by Crippen LogP contribution is -2.06. The van der Waals surface area contributed by atoms with Gasteiger partial charge in [-0.2, -0.15) is 0 Å². The zero-order valence-corrected chi connectivity index (χ0v) is 8.48. The predicted octanol–water partition coefficient (Wildman–Crippen LogP) is 1.54. The molecule has 0 spiro atoms. The molecule has 0 aromatic heterocycles. The van der Waals surface area contributed by atoms with Gasteiger partial charge in [0.05, 0.1) is 11.9 Å². The summed E-state index contributed by atoms with van der Waals surface area (Å²) in [6, 6.07) is 8.24. The van der Waals surface area contributed by atoms with Crippen LogP contribution in [0.5, 0.6) is 0 Å². The molecule has 0 fully saturated rings. The van der Waals surface area contributed by atoms with E-state index in [1.807, 2.05) is 0 Å². The molecule has 0 saturated heterocycles. The molecular formula is C10H11O3P. The minimum Gasteiger partial charge on any atom is -0.321 e. The molecule has 0 aliphatic heterocycles. The maximum atomic E-state index is 11.6. The highest BCUT2D eigenvalue weighted by Gasteiger charge is 2.21. The largest absolute Gasteiger partial charge is 0.358 e. The second-order valence-electron chi connectivity index (χ2n) is 2.64. The Labute approximate surface area is 83.3 Å². The Morgan fingerprint density at radius 2 is 2.07 bits per heavy atom. The SMILES string of the molecule is C#CCCOP(=O)(O)c1ccccc1. The van der Waals surface area contributed by atoms with Crippen LogP contribution in [0.2, 0.25) is 0 Å². The number of terminal acetylenes is 1. The molecule has 1 aromatic carbocycles. The highest BCUT2D eigenvalue weighted by atomic mass is 31.2. The van der Waals surface area contributed by atoms with Crippen LogP contribution in [0.3, 0.4) is 0 Å². The lowest BCUT2D eigenvalue weighted by molar-refractivity contribution is 0.275. The lowest BCUT2D eigenvalue weighted by Gasteiger charge is -2.10. The highest BCUT2D eigenvalue weighted by Crippen LogP contribution is 2.40. The smallest absolute Gasteiger partial charge is 0.321 e. The van der Waals surface area contributed by atoms with Crippen LogP contribution in [0.4, 0.5) is 0 Å². The summed E-state index contributed by atoms with van der Waals surface area (Å²) in [4.78, 5) is 9.48. The van der Waals surface area contributed by atoms with E-state index in [2.05, 4.69) is 5.92 Å². The average molecular weight is 210 g/mol. The van der Waals surface area contributed by atoms with Crippen LogP contribution in [0.25, 0.3) is 0 Å². The molecule has 1 N–H and O–H groups in total. The van der Waals surface area contributed by atoms with Gasteiger partial charge in [-0.3, -0.25) is 4.57 Å². The maximum absolute atomic E-state index is 11.6. The summed E-state index contributed by atoms with van der Waals surface area (Å²) in [6.07, 6.45) is 5.33. The quantitative estimate of drug-likeness (QED) is 0.465. The van der Waals surface area contributed by atoms with Gasteiger partial charge in [-0.1, -0.05) is 18.2 Å². The minimum atomic E-state index is -3.67. The van der Waals surface area contributed by atoms with E-state index in [-0.39, 0.29) is 11.9 Å². The molecule has 0 aliphatic rings. The molecule has 0 amide bonds. The van der Waals surface area contributed by atoms with Gasteiger partial charge in [0.15, 0.2) is 0 Å². The number of benzene rings is 1. The molecule has 3 nitrogen and oxygen atoms in total. The van der Waals surface area contributed by atoms with Crippen molar-refractivity contribution in [2.45, 2.75) is 6.42 Å². The van der Waals surface area contributed by atoms with Crippen molar-refractivity contribution < 1.29 is 14.0 Å². The normalized spacial score (nSPS) is 14.3. The van der Waals surface area contributed by atoms with E-state index in [0.717, 1.165) is 0 Å². The van der Waals surface area contributed by atoms with Crippen molar-refractivity contribution >= 4 is 12.9 Å². The molecule has 0 saturated carbocycles. The molecule has 74 valence electrons. The zero-order valence-electron chi connectivity index (χ0n) is 7.59. The standard InChI is InChI=1S/C10H11O3P/c1-2-3-9-13-14(11,12)10-7-5-4-6-8-10/h1,4-8H,3,9H2,(H,11,12). The van der Waals surface area contributed by atoms with Gasteiger partial charge in [0, 0.05) is 6.42 Å². The van der Waals surface area contributed by atoms with Crippen LogP contribution in [0.1, 0.15) is 6.42 Å². The topological polar surface area (TPSA) is 46.5 Å². The Bertz CT molecular complexity index is 367. The molecule has 0 bridgehead atoms. The summed E-state index contributed by atoms with van der Waals surface area (Å²) in [5.74, 6) is 2.33. The van der Waals surface area contributed by atoms with E-state index in [4.69, 9.17) is 10.9 Å². The third kappa shape index (κ3) is 3.01. The average Bonchev–Trinajstić information content (AvgIpc) is 2.19. The second-order valence-corrected chi connectivity index (χ2v) is 4.46. The van der Waals surface area contributed by atoms with E-state index < -0.39 is 7.60 Å². The summed E-state index contributed by atoms with van der Waals surface area (Å²) < 4.78 is 16.4. The van der Waals surface area contributed by atoms with Gasteiger partial charge in [-0.15, -0.1) is 12.3 Å². The molecule has 0 radical (unpaired) electrons. The minimum absolute atomic E-state index is 0.0964. The van der Waals surface area contributed by atoms with Gasteiger partial charge in [0.25, 0.3) is 0 Å². The van der Waals surface area contributed by atoms with Crippen LogP contribution < -0.4 is 5.30 Å². The second kappa shape index (κ2) is 4.97. The van der Waals surface area contributed by atoms with Gasteiger partial charge in [0.2, 0.25) is 0 Å². The summed E-state index contributed by atoms with van der Waals surface area (Å²) in [7, 11) is -3.67. The Balaban J connectivity index is 2.67. The fraction of sp³-hybridized carbons (Fsp3) is 0.200. The van der Waals surface area contributed by atoms with E-state index >= 15 is 0 Å². The summed E-state index contributed by atoms with van der Waals surface area (Å²) >= 11 is 0. The fourth-order valence-corrected chi connectivity index (χ4v) is 1.96. The Kier molecular flexibility index (Phi) is 3.91. The van der Waals surface area contributed by atoms with Crippen LogP contribution in [-0.4, -0.2) is 11.5 Å². The molecular weight excluding hydrogens is 199 g/mol. The van der Waals surface area contributed by atoms with Crippen LogP contribution in [-0.2, 0) is 9.09 Å². The molecule has 1 atom stereocenters. The van der Waals surface area contributed by atoms with Crippen molar-refractivity contribution in [1.82, 2.24) is 0 Å². The van der Waals surface area contributed by atoms with Crippen LogP contribution in [0, 0.1) is 12.3 Å². The van der Waals surface area contributed by atoms with Gasteiger partial charge < -0.3 is 9.42 Å². The van der Waals surface area contributed by atoms with E-state index in [1.165, 1.54) is 0 Å². The van der Waals surface area contributed by atoms with Gasteiger partial charge in [-0.25, -0.2) is 0 Å². The Morgan fingerprint density at radius 3 is 2.64 bits per heavy atom. The molecule has 1 unspecified atom stereocenters. The molecule has 14 heavy (non-hydrogen) atoms. The summed E-state index contributed by atoms with van der Waals surface area (Å²) in [5, 5.41) is 0.289. The fourth-order valence-electron chi connectivity index (χ4n) is 0.919. The van der Waals surface area contributed by atoms with E-state index in [9.17, 15) is 9.46 Å². The number of hydrogen-bond acceptors (Lipinski definition) is 2. The zero-order chi connectivity index (χ0) is 10.4. The lowest BCUT2D eigenvalue weighted by atomic mass is 10.4. The van der Waals surface area contributed by atoms with Gasteiger partial charge in [0.1, 0.15) is 0 Å². The Morgan fingerprint density at radius 1 is 1.43 bits per heavy atom. The van der Waals surface area contributed by atoms with Gasteiger partial charge in [-0.05, 0) is 12.1 Å². The third-order valence-electron chi connectivity index (χ3n) is 1.60. The van der Waals surface area contributed by atoms with Crippen molar-refractivity contribution in [2.24, 2.45) is 0 Å². The van der Waals surface area contributed by atoms with E-state index in [0.29, 0.717) is 6.42 Å². The summed E-state index contributed by atoms with van der Waals surface area (Å²) in [5.41, 5.74) is 0. The van der Waals surface area contributed by atoms with Crippen molar-refractivity contribution in [3.63, 3.8) is 0 Å². The molecule has 1 rings (SSSR count).